The summed E-state index contributed by atoms with van der Waals surface area (Å²) in [5.74, 6) is 0.495. The van der Waals surface area contributed by atoms with Crippen LogP contribution in [0.15, 0.2) is 24.4 Å². The number of nitrogens with zero attached hydrogens (tertiary/aromatic N) is 5. The van der Waals surface area contributed by atoms with Gasteiger partial charge in [-0.2, -0.15) is 9.97 Å². The molecule has 9 rings (SSSR count). The molecule has 0 radical (unpaired) electrons. The minimum absolute atomic E-state index is 0.00281. The lowest BCUT2D eigenvalue weighted by molar-refractivity contribution is 0.107. The number of pyridine rings is 1. The highest BCUT2D eigenvalue weighted by molar-refractivity contribution is 6.32. The summed E-state index contributed by atoms with van der Waals surface area (Å²) in [6.45, 7) is 6.17. The van der Waals surface area contributed by atoms with Crippen LogP contribution < -0.4 is 15.0 Å². The number of nitrogens with one attached hydrogen (secondary N) is 1. The van der Waals surface area contributed by atoms with Crippen LogP contribution in [-0.2, 0) is 4.74 Å². The lowest BCUT2D eigenvalue weighted by Crippen LogP contribution is -2.57. The summed E-state index contributed by atoms with van der Waals surface area (Å²) >= 11 is 6.76. The molecule has 1 aromatic carbocycles. The topological polar surface area (TPSA) is 92.7 Å². The maximum Gasteiger partial charge on any atom is 0.407 e. The van der Waals surface area contributed by atoms with E-state index >= 15 is 4.39 Å². The summed E-state index contributed by atoms with van der Waals surface area (Å²) in [7, 11) is 0. The molecule has 11 heteroatoms. The molecule has 5 aliphatic heterocycles. The van der Waals surface area contributed by atoms with Crippen molar-refractivity contribution in [1.82, 2.24) is 25.2 Å². The first-order valence-electron chi connectivity index (χ1n) is 16.1. The molecule has 9 nitrogen and oxygen atoms in total. The molecule has 44 heavy (non-hydrogen) atoms. The molecular formula is C33H38ClFN6O3. The minimum Gasteiger partial charge on any atom is -0.461 e. The number of hydrogen-bond donors (Lipinski definition) is 1. The fraction of sp³-hybridized carbons (Fsp3) is 0.576. The number of carbonyl (C=O) groups is 1. The van der Waals surface area contributed by atoms with Gasteiger partial charge in [0.1, 0.15) is 23.6 Å². The zero-order chi connectivity index (χ0) is 30.1. The van der Waals surface area contributed by atoms with Crippen molar-refractivity contribution in [3.8, 4) is 17.3 Å². The van der Waals surface area contributed by atoms with Gasteiger partial charge in [0.2, 0.25) is 0 Å². The first-order chi connectivity index (χ1) is 21.3. The first-order valence-corrected chi connectivity index (χ1v) is 16.4. The minimum atomic E-state index is -0.549. The highest BCUT2D eigenvalue weighted by Crippen LogP contribution is 2.54. The van der Waals surface area contributed by atoms with E-state index in [1.807, 2.05) is 25.1 Å². The third-order valence-electron chi connectivity index (χ3n) is 10.6. The van der Waals surface area contributed by atoms with Crippen LogP contribution in [0.1, 0.15) is 69.8 Å². The normalized spacial score (nSPS) is 27.8. The Labute approximate surface area is 261 Å². The zero-order valence-corrected chi connectivity index (χ0v) is 25.8. The van der Waals surface area contributed by atoms with Gasteiger partial charge in [-0.25, -0.2) is 9.18 Å². The molecule has 6 bridgehead atoms. The number of aromatic nitrogens is 3. The average molecular weight is 621 g/mol. The zero-order valence-electron chi connectivity index (χ0n) is 25.1. The summed E-state index contributed by atoms with van der Waals surface area (Å²) in [5, 5.41) is 4.22. The predicted octanol–water partition coefficient (Wildman–Crippen LogP) is 6.08. The number of benzene rings is 1. The van der Waals surface area contributed by atoms with Crippen LogP contribution in [0, 0.1) is 11.7 Å². The number of fused-ring (bicyclic) bond motifs is 6. The number of carbonyl (C=O) groups excluding carboxylic acids is 1. The Morgan fingerprint density at radius 1 is 1.16 bits per heavy atom. The third-order valence-corrected chi connectivity index (χ3v) is 11.0. The molecular weight excluding hydrogens is 583 g/mol. The van der Waals surface area contributed by atoms with Gasteiger partial charge in [0.15, 0.2) is 5.82 Å². The Morgan fingerprint density at radius 2 is 1.98 bits per heavy atom. The number of hydrogen-bond acceptors (Lipinski definition) is 8. The maximum atomic E-state index is 16.8. The Hall–Kier alpha value is -3.24. The number of amides is 1. The highest BCUT2D eigenvalue weighted by atomic mass is 35.5. The lowest BCUT2D eigenvalue weighted by Gasteiger charge is -2.41. The molecule has 1 aliphatic carbocycles. The van der Waals surface area contributed by atoms with Crippen LogP contribution in [-0.4, -0.2) is 76.4 Å². The largest absolute Gasteiger partial charge is 0.461 e. The maximum absolute atomic E-state index is 16.8. The van der Waals surface area contributed by atoms with Crippen LogP contribution >= 0.6 is 11.6 Å². The van der Waals surface area contributed by atoms with Crippen LogP contribution in [0.4, 0.5) is 15.0 Å². The number of halogens is 2. The van der Waals surface area contributed by atoms with Crippen molar-refractivity contribution in [2.75, 3.05) is 44.3 Å². The van der Waals surface area contributed by atoms with Crippen molar-refractivity contribution in [3.63, 3.8) is 0 Å². The smallest absolute Gasteiger partial charge is 0.407 e. The number of ether oxygens (including phenoxy) is 2. The molecule has 3 aromatic rings. The van der Waals surface area contributed by atoms with Crippen LogP contribution in [0.3, 0.4) is 0 Å². The van der Waals surface area contributed by atoms with Gasteiger partial charge < -0.3 is 19.7 Å². The Balaban J connectivity index is 1.26. The molecule has 2 aromatic heterocycles. The number of alkyl carbamates (subject to hydrolysis) is 1. The second-order valence-corrected chi connectivity index (χ2v) is 14.1. The third kappa shape index (κ3) is 4.85. The van der Waals surface area contributed by atoms with Gasteiger partial charge in [-0.05, 0) is 94.8 Å². The van der Waals surface area contributed by atoms with E-state index in [2.05, 4.69) is 15.1 Å². The van der Waals surface area contributed by atoms with E-state index in [0.717, 1.165) is 63.6 Å². The fourth-order valence-electron chi connectivity index (χ4n) is 8.32. The summed E-state index contributed by atoms with van der Waals surface area (Å²) in [5.41, 5.74) is 1.42. The van der Waals surface area contributed by atoms with Crippen molar-refractivity contribution in [3.05, 3.63) is 40.8 Å². The quantitative estimate of drug-likeness (QED) is 0.376. The fourth-order valence-corrected chi connectivity index (χ4v) is 8.64. The van der Waals surface area contributed by atoms with Gasteiger partial charge in [-0.3, -0.25) is 9.88 Å². The Bertz CT molecular complexity index is 1630. The first kappa shape index (κ1) is 28.2. The predicted molar refractivity (Wildman–Crippen MR) is 166 cm³/mol. The van der Waals surface area contributed by atoms with E-state index in [0.29, 0.717) is 60.4 Å². The van der Waals surface area contributed by atoms with Crippen molar-refractivity contribution < 1.29 is 18.7 Å². The molecule has 4 fully saturated rings. The van der Waals surface area contributed by atoms with E-state index in [1.54, 1.807) is 6.20 Å². The number of piperidine rings is 1. The van der Waals surface area contributed by atoms with Crippen molar-refractivity contribution in [1.29, 1.82) is 0 Å². The van der Waals surface area contributed by atoms with Crippen LogP contribution in [0.25, 0.3) is 22.2 Å². The molecule has 232 valence electrons. The van der Waals surface area contributed by atoms with E-state index in [4.69, 9.17) is 36.0 Å². The van der Waals surface area contributed by atoms with E-state index in [1.165, 1.54) is 0 Å². The van der Waals surface area contributed by atoms with E-state index in [9.17, 15) is 4.79 Å². The van der Waals surface area contributed by atoms with Gasteiger partial charge >= 0.3 is 12.1 Å². The van der Waals surface area contributed by atoms with E-state index < -0.39 is 17.4 Å². The standard InChI is InChI=1S/C33H38ClFN6O3/c1-32-9-3-12-40(18-32)29-23-17-36-27(21-6-2-7-24(34)25(21)22-16-20(22)8-15-43-31(42)39-32)26(35)28(23)37-30(38-29)44-19-33-10-4-13-41(33)14-5-11-33/h2,6-7,17,20,22H,3-5,8-16,18-19H2,1H3,(H,39,42)/t20?,22?,32-/m1/s1. The van der Waals surface area contributed by atoms with Gasteiger partial charge in [-0.15, -0.1) is 0 Å². The molecule has 2 unspecified atom stereocenters. The molecule has 1 saturated carbocycles. The summed E-state index contributed by atoms with van der Waals surface area (Å²) < 4.78 is 28.8. The number of anilines is 1. The monoisotopic (exact) mass is 620 g/mol. The van der Waals surface area contributed by atoms with E-state index in [-0.39, 0.29) is 28.7 Å². The summed E-state index contributed by atoms with van der Waals surface area (Å²) in [4.78, 5) is 31.8. The molecule has 0 spiro atoms. The highest BCUT2D eigenvalue weighted by Gasteiger charge is 2.45. The second kappa shape index (κ2) is 10.7. The van der Waals surface area contributed by atoms with Gasteiger partial charge in [0, 0.05) is 29.9 Å². The molecule has 1 amide bonds. The molecule has 3 saturated heterocycles. The van der Waals surface area contributed by atoms with Crippen molar-refractivity contribution >= 4 is 34.4 Å². The second-order valence-electron chi connectivity index (χ2n) is 13.7. The van der Waals surface area contributed by atoms with Gasteiger partial charge in [-0.1, -0.05) is 23.7 Å². The summed E-state index contributed by atoms with van der Waals surface area (Å²) in [6, 6.07) is 5.73. The molecule has 1 N–H and O–H groups in total. The molecule has 3 atom stereocenters. The van der Waals surface area contributed by atoms with Crippen molar-refractivity contribution in [2.24, 2.45) is 5.92 Å². The Kier molecular flexibility index (Phi) is 6.86. The number of rotatable bonds is 3. The Morgan fingerprint density at radius 3 is 2.82 bits per heavy atom. The molecule has 7 heterocycles. The average Bonchev–Trinajstić information content (AvgIpc) is 3.45. The van der Waals surface area contributed by atoms with Crippen molar-refractivity contribution in [2.45, 2.75) is 75.3 Å². The summed E-state index contributed by atoms with van der Waals surface area (Å²) in [6.07, 6.45) is 8.97. The lowest BCUT2D eigenvalue weighted by atomic mass is 9.91. The van der Waals surface area contributed by atoms with Crippen LogP contribution in [0.5, 0.6) is 6.01 Å². The van der Waals surface area contributed by atoms with Gasteiger partial charge in [0.05, 0.1) is 23.1 Å². The molecule has 6 aliphatic rings. The van der Waals surface area contributed by atoms with Gasteiger partial charge in [0.25, 0.3) is 0 Å². The van der Waals surface area contributed by atoms with Crippen LogP contribution in [0.2, 0.25) is 5.02 Å². The SMILES string of the molecule is C[C@@]12CCCN(C1)c1nc(OCC34CCCN3CCC4)nc3c(F)c(ncc13)-c1cccc(Cl)c1C1CC1CCOC(=O)N2.